The number of pyridine rings is 1. The van der Waals surface area contributed by atoms with Crippen molar-refractivity contribution in [2.45, 2.75) is 31.3 Å². The highest BCUT2D eigenvalue weighted by Gasteiger charge is 2.25. The number of fused-ring (bicyclic) bond motifs is 1. The van der Waals surface area contributed by atoms with E-state index in [4.69, 9.17) is 9.72 Å². The molecule has 7 heteroatoms. The summed E-state index contributed by atoms with van der Waals surface area (Å²) in [5.74, 6) is -0.684. The fourth-order valence-corrected chi connectivity index (χ4v) is 4.24. The van der Waals surface area contributed by atoms with Gasteiger partial charge < -0.3 is 9.64 Å². The van der Waals surface area contributed by atoms with Crippen LogP contribution < -0.4 is 0 Å². The van der Waals surface area contributed by atoms with Crippen molar-refractivity contribution in [3.05, 3.63) is 47.2 Å². The molecular weight excluding hydrogens is 386 g/mol. The largest absolute Gasteiger partial charge is 0.466 e. The zero-order valence-corrected chi connectivity index (χ0v) is 17.4. The lowest BCUT2D eigenvalue weighted by molar-refractivity contribution is -0.145. The van der Waals surface area contributed by atoms with Crippen LogP contribution in [0, 0.1) is 11.3 Å². The van der Waals surface area contributed by atoms with E-state index in [-0.39, 0.29) is 24.6 Å². The summed E-state index contributed by atoms with van der Waals surface area (Å²) in [4.78, 5) is 30.6. The molecule has 29 heavy (non-hydrogen) atoms. The lowest BCUT2D eigenvalue weighted by Gasteiger charge is -2.28. The van der Waals surface area contributed by atoms with Gasteiger partial charge in [0.1, 0.15) is 17.5 Å². The lowest BCUT2D eigenvalue weighted by atomic mass is 9.92. The Morgan fingerprint density at radius 3 is 2.76 bits per heavy atom. The molecule has 0 radical (unpaired) electrons. The zero-order chi connectivity index (χ0) is 20.8. The molecule has 0 amide bonds. The van der Waals surface area contributed by atoms with Crippen LogP contribution in [0.3, 0.4) is 0 Å². The second-order valence-corrected chi connectivity index (χ2v) is 7.83. The number of likely N-dealkylation sites (N-methyl/N-ethyl adjacent to an activating group) is 1. The molecular formula is C22H23N3O3S. The molecule has 150 valence electrons. The number of hydrogen-bond acceptors (Lipinski definition) is 7. The predicted octanol–water partition coefficient (Wildman–Crippen LogP) is 3.22. The molecule has 0 spiro atoms. The molecule has 1 aliphatic heterocycles. The Bertz CT molecular complexity index is 954. The van der Waals surface area contributed by atoms with Crippen LogP contribution in [0.15, 0.2) is 35.4 Å². The highest BCUT2D eigenvalue weighted by molar-refractivity contribution is 8.00. The third kappa shape index (κ3) is 5.03. The van der Waals surface area contributed by atoms with E-state index >= 15 is 0 Å². The van der Waals surface area contributed by atoms with Gasteiger partial charge in [-0.25, -0.2) is 4.98 Å². The monoisotopic (exact) mass is 409 g/mol. The molecule has 0 aliphatic carbocycles. The maximum absolute atomic E-state index is 12.1. The fourth-order valence-electron chi connectivity index (χ4n) is 3.38. The minimum Gasteiger partial charge on any atom is -0.466 e. The van der Waals surface area contributed by atoms with Gasteiger partial charge in [-0.05, 0) is 25.1 Å². The van der Waals surface area contributed by atoms with Crippen LogP contribution in [0.25, 0.3) is 11.1 Å². The van der Waals surface area contributed by atoms with Gasteiger partial charge in [0.2, 0.25) is 0 Å². The second-order valence-electron chi connectivity index (χ2n) is 6.87. The van der Waals surface area contributed by atoms with Crippen molar-refractivity contribution in [2.75, 3.05) is 26.0 Å². The molecule has 2 heterocycles. The number of Topliss-reactive ketones (excluding diaryl/α,β-unsaturated/α-hetero) is 1. The second kappa shape index (κ2) is 9.68. The van der Waals surface area contributed by atoms with Gasteiger partial charge in [0.25, 0.3) is 0 Å². The molecule has 0 bridgehead atoms. The van der Waals surface area contributed by atoms with Crippen molar-refractivity contribution < 1.29 is 14.3 Å². The SMILES string of the molecule is CCOC(=O)CC(=O)CSc1nc2c(c(-c3ccccc3)c1C#N)CN(C)CC2. The van der Waals surface area contributed by atoms with Gasteiger partial charge in [-0.2, -0.15) is 5.26 Å². The number of rotatable bonds is 7. The average Bonchev–Trinajstić information content (AvgIpc) is 2.72. The summed E-state index contributed by atoms with van der Waals surface area (Å²) in [6, 6.07) is 12.1. The molecule has 3 rings (SSSR count). The quantitative estimate of drug-likeness (QED) is 0.394. The maximum atomic E-state index is 12.1. The molecule has 0 N–H and O–H groups in total. The van der Waals surface area contributed by atoms with Crippen LogP contribution in [-0.2, 0) is 27.3 Å². The van der Waals surface area contributed by atoms with E-state index in [2.05, 4.69) is 18.0 Å². The third-order valence-electron chi connectivity index (χ3n) is 4.70. The highest BCUT2D eigenvalue weighted by Crippen LogP contribution is 2.37. The molecule has 0 saturated heterocycles. The van der Waals surface area contributed by atoms with Gasteiger partial charge in [-0.15, -0.1) is 0 Å². The Balaban J connectivity index is 1.95. The topological polar surface area (TPSA) is 83.3 Å². The van der Waals surface area contributed by atoms with E-state index in [0.717, 1.165) is 41.9 Å². The fraction of sp³-hybridized carbons (Fsp3) is 0.364. The van der Waals surface area contributed by atoms with Crippen molar-refractivity contribution in [3.8, 4) is 17.2 Å². The first kappa shape index (κ1) is 21.0. The smallest absolute Gasteiger partial charge is 0.313 e. The first-order chi connectivity index (χ1) is 14.0. The Labute approximate surface area is 174 Å². The first-order valence-corrected chi connectivity index (χ1v) is 10.5. The number of carbonyl (C=O) groups is 2. The molecule has 1 aliphatic rings. The van der Waals surface area contributed by atoms with Crippen molar-refractivity contribution in [2.24, 2.45) is 0 Å². The number of ether oxygens (including phenoxy) is 1. The third-order valence-corrected chi connectivity index (χ3v) is 5.73. The number of carbonyl (C=O) groups excluding carboxylic acids is 2. The summed E-state index contributed by atoms with van der Waals surface area (Å²) >= 11 is 1.22. The summed E-state index contributed by atoms with van der Waals surface area (Å²) < 4.78 is 4.83. The molecule has 1 aromatic heterocycles. The number of nitrogens with zero attached hydrogens (tertiary/aromatic N) is 3. The van der Waals surface area contributed by atoms with Gasteiger partial charge >= 0.3 is 5.97 Å². The van der Waals surface area contributed by atoms with Crippen molar-refractivity contribution in [1.82, 2.24) is 9.88 Å². The number of benzene rings is 1. The molecule has 6 nitrogen and oxygen atoms in total. The maximum Gasteiger partial charge on any atom is 0.313 e. The minimum atomic E-state index is -0.523. The van der Waals surface area contributed by atoms with Crippen molar-refractivity contribution in [1.29, 1.82) is 5.26 Å². The van der Waals surface area contributed by atoms with E-state index in [1.807, 2.05) is 30.3 Å². The summed E-state index contributed by atoms with van der Waals surface area (Å²) in [5, 5.41) is 10.5. The Hall–Kier alpha value is -2.69. The van der Waals surface area contributed by atoms with Crippen LogP contribution >= 0.6 is 11.8 Å². The Morgan fingerprint density at radius 2 is 2.07 bits per heavy atom. The van der Waals surface area contributed by atoms with Gasteiger partial charge in [0.15, 0.2) is 5.78 Å². The van der Waals surface area contributed by atoms with Crippen LogP contribution in [0.1, 0.15) is 30.2 Å². The minimum absolute atomic E-state index is 0.0768. The number of ketones is 1. The van der Waals surface area contributed by atoms with E-state index in [9.17, 15) is 14.9 Å². The van der Waals surface area contributed by atoms with E-state index in [0.29, 0.717) is 10.6 Å². The predicted molar refractivity (Wildman–Crippen MR) is 111 cm³/mol. The first-order valence-electron chi connectivity index (χ1n) is 9.53. The van der Waals surface area contributed by atoms with Crippen molar-refractivity contribution >= 4 is 23.5 Å². The summed E-state index contributed by atoms with van der Waals surface area (Å²) in [7, 11) is 2.06. The number of aromatic nitrogens is 1. The molecule has 0 saturated carbocycles. The lowest BCUT2D eigenvalue weighted by Crippen LogP contribution is -2.28. The summed E-state index contributed by atoms with van der Waals surface area (Å²) in [6.45, 7) is 3.58. The molecule has 0 fully saturated rings. The number of hydrogen-bond donors (Lipinski definition) is 0. The summed E-state index contributed by atoms with van der Waals surface area (Å²) in [5.41, 5.74) is 4.40. The Morgan fingerprint density at radius 1 is 1.31 bits per heavy atom. The number of esters is 1. The average molecular weight is 410 g/mol. The zero-order valence-electron chi connectivity index (χ0n) is 16.6. The van der Waals surface area contributed by atoms with E-state index < -0.39 is 5.97 Å². The molecule has 0 atom stereocenters. The van der Waals surface area contributed by atoms with Crippen LogP contribution in [-0.4, -0.2) is 47.6 Å². The normalized spacial score (nSPS) is 13.4. The molecule has 0 unspecified atom stereocenters. The molecule has 2 aromatic rings. The number of nitriles is 1. The van der Waals surface area contributed by atoms with Crippen LogP contribution in [0.4, 0.5) is 0 Å². The summed E-state index contributed by atoms with van der Waals surface area (Å²) in [6.07, 6.45) is 0.533. The standard InChI is InChI=1S/C22H23N3O3S/c1-3-28-20(27)11-16(26)14-29-22-17(12-23)21(15-7-5-4-6-8-15)18-13-25(2)10-9-19(18)24-22/h4-8H,3,9-11,13-14H2,1-2H3. The van der Waals surface area contributed by atoms with Crippen LogP contribution in [0.2, 0.25) is 0 Å². The van der Waals surface area contributed by atoms with Crippen molar-refractivity contribution in [3.63, 3.8) is 0 Å². The van der Waals surface area contributed by atoms with Gasteiger partial charge in [0.05, 0.1) is 17.9 Å². The highest BCUT2D eigenvalue weighted by atomic mass is 32.2. The van der Waals surface area contributed by atoms with Gasteiger partial charge in [0, 0.05) is 30.8 Å². The Kier molecular flexibility index (Phi) is 7.02. The van der Waals surface area contributed by atoms with E-state index in [1.54, 1.807) is 6.92 Å². The van der Waals surface area contributed by atoms with E-state index in [1.165, 1.54) is 11.8 Å². The van der Waals surface area contributed by atoms with Crippen LogP contribution in [0.5, 0.6) is 0 Å². The van der Waals surface area contributed by atoms with Gasteiger partial charge in [-0.3, -0.25) is 9.59 Å². The molecule has 1 aromatic carbocycles. The number of thioether (sulfide) groups is 1. The van der Waals surface area contributed by atoms with Gasteiger partial charge in [-0.1, -0.05) is 42.1 Å².